The van der Waals surface area contributed by atoms with Gasteiger partial charge in [-0.15, -0.1) is 0 Å². The molecule has 0 radical (unpaired) electrons. The highest BCUT2D eigenvalue weighted by Gasteiger charge is 2.12. The minimum absolute atomic E-state index is 0.143. The van der Waals surface area contributed by atoms with Gasteiger partial charge in [0.25, 0.3) is 0 Å². The van der Waals surface area contributed by atoms with E-state index in [0.717, 1.165) is 5.56 Å². The number of aliphatic imine (C=N–C) groups is 2. The van der Waals surface area contributed by atoms with Crippen molar-refractivity contribution in [2.24, 2.45) is 27.2 Å². The van der Waals surface area contributed by atoms with Gasteiger partial charge in [0.1, 0.15) is 0 Å². The molecule has 0 unspecified atom stereocenters. The minimum Gasteiger partial charge on any atom is -0.370 e. The maximum atomic E-state index is 13.6. The summed E-state index contributed by atoms with van der Waals surface area (Å²) in [4.78, 5) is 7.49. The van der Waals surface area contributed by atoms with E-state index >= 15 is 0 Å². The van der Waals surface area contributed by atoms with E-state index in [1.54, 1.807) is 13.0 Å². The summed E-state index contributed by atoms with van der Waals surface area (Å²) in [6.45, 7) is 1.76. The van der Waals surface area contributed by atoms with Crippen molar-refractivity contribution >= 4 is 49.5 Å². The Labute approximate surface area is 114 Å². The Morgan fingerprint density at radius 2 is 1.88 bits per heavy atom. The van der Waals surface area contributed by atoms with Gasteiger partial charge in [0.05, 0.1) is 14.6 Å². The lowest BCUT2D eigenvalue weighted by molar-refractivity contribution is 0.614. The van der Waals surface area contributed by atoms with Crippen LogP contribution in [0.15, 0.2) is 25.0 Å². The first-order valence-electron chi connectivity index (χ1n) is 4.40. The molecule has 0 aliphatic carbocycles. The summed E-state index contributed by atoms with van der Waals surface area (Å²) < 4.78 is 14.1. The van der Waals surface area contributed by atoms with Crippen LogP contribution in [0.4, 0.5) is 10.1 Å². The van der Waals surface area contributed by atoms with Crippen molar-refractivity contribution in [1.82, 2.24) is 0 Å². The van der Waals surface area contributed by atoms with Crippen molar-refractivity contribution in [2.75, 3.05) is 0 Å². The summed E-state index contributed by atoms with van der Waals surface area (Å²) in [6, 6.07) is 1.59. The van der Waals surface area contributed by atoms with E-state index in [4.69, 9.17) is 17.2 Å². The quantitative estimate of drug-likeness (QED) is 0.401. The second-order valence-corrected chi connectivity index (χ2v) is 4.81. The first kappa shape index (κ1) is 13.9. The van der Waals surface area contributed by atoms with Crippen LogP contribution < -0.4 is 17.2 Å². The number of nitrogens with two attached hydrogens (primary N) is 3. The van der Waals surface area contributed by atoms with Gasteiger partial charge in [-0.2, -0.15) is 4.99 Å². The molecule has 0 saturated carbocycles. The summed E-state index contributed by atoms with van der Waals surface area (Å²) in [5.41, 5.74) is 16.8. The molecule has 1 aromatic carbocycles. The van der Waals surface area contributed by atoms with Gasteiger partial charge in [-0.1, -0.05) is 0 Å². The number of hydrogen-bond donors (Lipinski definition) is 3. The Kier molecular flexibility index (Phi) is 4.47. The molecule has 1 rings (SSSR count). The summed E-state index contributed by atoms with van der Waals surface area (Å²) >= 11 is 6.18. The summed E-state index contributed by atoms with van der Waals surface area (Å²) in [5, 5.41) is 0. The molecule has 0 aliphatic rings. The molecule has 0 heterocycles. The lowest BCUT2D eigenvalue weighted by Crippen LogP contribution is -2.26. The predicted octanol–water partition coefficient (Wildman–Crippen LogP) is 1.88. The number of aryl methyl sites for hydroxylation is 1. The Morgan fingerprint density at radius 1 is 1.29 bits per heavy atom. The molecule has 0 atom stereocenters. The fourth-order valence-electron chi connectivity index (χ4n) is 1.11. The molecule has 5 nitrogen and oxygen atoms in total. The van der Waals surface area contributed by atoms with Gasteiger partial charge < -0.3 is 17.2 Å². The Balaban J connectivity index is 3.34. The smallest absolute Gasteiger partial charge is 0.223 e. The monoisotopic (exact) mass is 365 g/mol. The lowest BCUT2D eigenvalue weighted by atomic mass is 10.2. The van der Waals surface area contributed by atoms with Crippen LogP contribution in [0, 0.1) is 12.7 Å². The minimum atomic E-state index is -0.466. The largest absolute Gasteiger partial charge is 0.370 e. The zero-order valence-corrected chi connectivity index (χ0v) is 12.0. The van der Waals surface area contributed by atoms with Crippen LogP contribution in [0.25, 0.3) is 0 Å². The van der Waals surface area contributed by atoms with Crippen LogP contribution in [-0.2, 0) is 0 Å². The summed E-state index contributed by atoms with van der Waals surface area (Å²) in [6.07, 6.45) is 0. The highest BCUT2D eigenvalue weighted by Crippen LogP contribution is 2.35. The van der Waals surface area contributed by atoms with Gasteiger partial charge in [-0.05, 0) is 50.4 Å². The molecule has 17 heavy (non-hydrogen) atoms. The molecule has 92 valence electrons. The number of guanidine groups is 2. The fourth-order valence-corrected chi connectivity index (χ4v) is 2.54. The zero-order chi connectivity index (χ0) is 13.2. The third kappa shape index (κ3) is 3.40. The number of halogens is 3. The molecule has 0 spiro atoms. The maximum absolute atomic E-state index is 13.6. The highest BCUT2D eigenvalue weighted by atomic mass is 79.9. The molecule has 0 aliphatic heterocycles. The third-order valence-corrected chi connectivity index (χ3v) is 3.10. The van der Waals surface area contributed by atoms with Crippen LogP contribution in [0.5, 0.6) is 0 Å². The van der Waals surface area contributed by atoms with E-state index in [2.05, 4.69) is 41.8 Å². The van der Waals surface area contributed by atoms with Crippen molar-refractivity contribution in [3.63, 3.8) is 0 Å². The molecule has 1 aromatic rings. The van der Waals surface area contributed by atoms with Gasteiger partial charge in [-0.25, -0.2) is 9.38 Å². The summed E-state index contributed by atoms with van der Waals surface area (Å²) in [5.74, 6) is -0.819. The lowest BCUT2D eigenvalue weighted by Gasteiger charge is -2.06. The second-order valence-electron chi connectivity index (χ2n) is 3.16. The van der Waals surface area contributed by atoms with Crippen molar-refractivity contribution in [3.8, 4) is 0 Å². The standard InChI is InChI=1S/C9H10Br2FN5/c1-3-2-4(10)6(12)5(11)7(3)16-9(15)17-8(13)14/h2H,1H3,(H6,13,14,15,16,17). The molecule has 0 amide bonds. The molecule has 8 heteroatoms. The van der Waals surface area contributed by atoms with Crippen LogP contribution in [-0.4, -0.2) is 11.9 Å². The average molecular weight is 367 g/mol. The molecule has 0 saturated heterocycles. The SMILES string of the molecule is Cc1cc(Br)c(F)c(Br)c1N=C(N)N=C(N)N. The highest BCUT2D eigenvalue weighted by molar-refractivity contribution is 9.11. The zero-order valence-electron chi connectivity index (χ0n) is 8.84. The first-order chi connectivity index (χ1) is 7.82. The topological polar surface area (TPSA) is 103 Å². The fraction of sp³-hybridized carbons (Fsp3) is 0.111. The van der Waals surface area contributed by atoms with Gasteiger partial charge in [0.15, 0.2) is 11.8 Å². The normalized spacial score (nSPS) is 11.4. The van der Waals surface area contributed by atoms with Gasteiger partial charge >= 0.3 is 0 Å². The Bertz CT molecular complexity index is 509. The average Bonchev–Trinajstić information content (AvgIpc) is 2.20. The molecular weight excluding hydrogens is 357 g/mol. The van der Waals surface area contributed by atoms with Gasteiger partial charge in [-0.3, -0.25) is 0 Å². The van der Waals surface area contributed by atoms with Crippen LogP contribution in [0.1, 0.15) is 5.56 Å². The molecule has 0 aromatic heterocycles. The van der Waals surface area contributed by atoms with Crippen molar-refractivity contribution in [3.05, 3.63) is 26.4 Å². The number of rotatable bonds is 1. The third-order valence-electron chi connectivity index (χ3n) is 1.80. The molecular formula is C9H10Br2FN5. The van der Waals surface area contributed by atoms with E-state index in [9.17, 15) is 4.39 Å². The van der Waals surface area contributed by atoms with Crippen molar-refractivity contribution < 1.29 is 4.39 Å². The van der Waals surface area contributed by atoms with E-state index in [1.165, 1.54) is 0 Å². The van der Waals surface area contributed by atoms with Crippen molar-refractivity contribution in [1.29, 1.82) is 0 Å². The predicted molar refractivity (Wildman–Crippen MR) is 73.6 cm³/mol. The second kappa shape index (κ2) is 5.46. The molecule has 6 N–H and O–H groups in total. The first-order valence-corrected chi connectivity index (χ1v) is 5.99. The summed E-state index contributed by atoms with van der Waals surface area (Å²) in [7, 11) is 0. The van der Waals surface area contributed by atoms with E-state index < -0.39 is 5.82 Å². The van der Waals surface area contributed by atoms with E-state index in [1.807, 2.05) is 0 Å². The van der Waals surface area contributed by atoms with Crippen LogP contribution in [0.2, 0.25) is 0 Å². The number of nitrogens with zero attached hydrogens (tertiary/aromatic N) is 2. The molecule has 0 fully saturated rings. The Hall–Kier alpha value is -1.15. The Morgan fingerprint density at radius 3 is 2.41 bits per heavy atom. The van der Waals surface area contributed by atoms with Crippen molar-refractivity contribution in [2.45, 2.75) is 6.92 Å². The number of benzene rings is 1. The van der Waals surface area contributed by atoms with E-state index in [0.29, 0.717) is 10.2 Å². The van der Waals surface area contributed by atoms with Crippen LogP contribution in [0.3, 0.4) is 0 Å². The number of hydrogen-bond acceptors (Lipinski definition) is 1. The van der Waals surface area contributed by atoms with Crippen LogP contribution >= 0.6 is 31.9 Å². The maximum Gasteiger partial charge on any atom is 0.223 e. The van der Waals surface area contributed by atoms with E-state index in [-0.39, 0.29) is 16.4 Å². The van der Waals surface area contributed by atoms with Gasteiger partial charge in [0.2, 0.25) is 5.96 Å². The molecule has 0 bridgehead atoms. The van der Waals surface area contributed by atoms with Gasteiger partial charge in [0, 0.05) is 0 Å².